The zero-order chi connectivity index (χ0) is 16.8. The van der Waals surface area contributed by atoms with Crippen molar-refractivity contribution < 1.29 is 19.1 Å². The maximum atomic E-state index is 12.7. The van der Waals surface area contributed by atoms with E-state index in [1.54, 1.807) is 7.11 Å². The molecule has 2 fully saturated rings. The van der Waals surface area contributed by atoms with Gasteiger partial charge in [-0.2, -0.15) is 0 Å². The highest BCUT2D eigenvalue weighted by atomic mass is 35.5. The molecule has 0 aromatic rings. The minimum absolute atomic E-state index is 0. The van der Waals surface area contributed by atoms with E-state index in [0.29, 0.717) is 32.7 Å². The highest BCUT2D eigenvalue weighted by Gasteiger charge is 2.38. The van der Waals surface area contributed by atoms with Gasteiger partial charge in [-0.05, 0) is 32.6 Å². The van der Waals surface area contributed by atoms with E-state index in [-0.39, 0.29) is 42.3 Å². The van der Waals surface area contributed by atoms with Crippen molar-refractivity contribution in [1.82, 2.24) is 10.2 Å². The van der Waals surface area contributed by atoms with Crippen LogP contribution in [-0.2, 0) is 19.1 Å². The molecule has 0 saturated carbocycles. The number of amides is 2. The molecule has 0 aromatic heterocycles. The summed E-state index contributed by atoms with van der Waals surface area (Å²) in [6.45, 7) is 3.94. The third-order valence-electron chi connectivity index (χ3n) is 4.79. The first-order valence-electron chi connectivity index (χ1n) is 8.49. The summed E-state index contributed by atoms with van der Waals surface area (Å²) < 4.78 is 10.7. The fourth-order valence-corrected chi connectivity index (χ4v) is 3.29. The Hall–Kier alpha value is -0.890. The summed E-state index contributed by atoms with van der Waals surface area (Å²) in [7, 11) is 1.60. The number of nitrogens with two attached hydrogens (primary N) is 1. The zero-order valence-electron chi connectivity index (χ0n) is 14.5. The molecule has 0 spiro atoms. The number of rotatable bonds is 6. The number of likely N-dealkylation sites (tertiary alicyclic amines) is 1. The molecule has 2 saturated heterocycles. The number of ether oxygens (including phenoxy) is 2. The van der Waals surface area contributed by atoms with Gasteiger partial charge in [0, 0.05) is 32.8 Å². The molecule has 4 atom stereocenters. The molecule has 140 valence electrons. The van der Waals surface area contributed by atoms with Crippen molar-refractivity contribution in [2.45, 2.75) is 50.9 Å². The quantitative estimate of drug-likeness (QED) is 0.662. The van der Waals surface area contributed by atoms with Gasteiger partial charge in [-0.1, -0.05) is 0 Å². The number of nitrogens with one attached hydrogen (secondary N) is 1. The van der Waals surface area contributed by atoms with E-state index in [1.165, 1.54) is 0 Å². The highest BCUT2D eigenvalue weighted by Crippen LogP contribution is 2.27. The Balaban J connectivity index is 0.00000288. The van der Waals surface area contributed by atoms with Crippen molar-refractivity contribution in [3.05, 3.63) is 0 Å². The van der Waals surface area contributed by atoms with E-state index in [0.717, 1.165) is 19.3 Å². The van der Waals surface area contributed by atoms with Crippen LogP contribution in [0.3, 0.4) is 0 Å². The second-order valence-electron chi connectivity index (χ2n) is 6.46. The minimum Gasteiger partial charge on any atom is -0.383 e. The average molecular weight is 364 g/mol. The predicted molar refractivity (Wildman–Crippen MR) is 93.0 cm³/mol. The largest absolute Gasteiger partial charge is 0.383 e. The van der Waals surface area contributed by atoms with Gasteiger partial charge in [-0.3, -0.25) is 9.59 Å². The summed E-state index contributed by atoms with van der Waals surface area (Å²) in [6, 6.07) is 0.144. The molecule has 0 bridgehead atoms. The zero-order valence-corrected chi connectivity index (χ0v) is 15.3. The lowest BCUT2D eigenvalue weighted by molar-refractivity contribution is -0.148. The third-order valence-corrected chi connectivity index (χ3v) is 4.79. The first-order valence-corrected chi connectivity index (χ1v) is 8.49. The van der Waals surface area contributed by atoms with Crippen molar-refractivity contribution in [2.75, 3.05) is 33.4 Å². The molecule has 2 amide bonds. The molecule has 0 aliphatic carbocycles. The van der Waals surface area contributed by atoms with Crippen LogP contribution in [0.2, 0.25) is 0 Å². The maximum Gasteiger partial charge on any atom is 0.251 e. The number of methoxy groups -OCH3 is 1. The summed E-state index contributed by atoms with van der Waals surface area (Å²) in [5.41, 5.74) is 5.61. The van der Waals surface area contributed by atoms with Crippen molar-refractivity contribution in [3.63, 3.8) is 0 Å². The van der Waals surface area contributed by atoms with Gasteiger partial charge in [0.1, 0.15) is 6.10 Å². The van der Waals surface area contributed by atoms with Crippen LogP contribution < -0.4 is 11.1 Å². The van der Waals surface area contributed by atoms with Crippen LogP contribution in [0.4, 0.5) is 0 Å². The number of carbonyl (C=O) groups excluding carboxylic acids is 2. The molecule has 7 nitrogen and oxygen atoms in total. The van der Waals surface area contributed by atoms with E-state index in [1.807, 2.05) is 11.8 Å². The molecule has 2 rings (SSSR count). The molecule has 2 aliphatic heterocycles. The van der Waals surface area contributed by atoms with Gasteiger partial charge in [-0.15, -0.1) is 12.4 Å². The number of nitrogens with zero attached hydrogens (tertiary/aromatic N) is 1. The second kappa shape index (κ2) is 10.2. The van der Waals surface area contributed by atoms with Crippen LogP contribution in [0.1, 0.15) is 32.6 Å². The molecule has 24 heavy (non-hydrogen) atoms. The fourth-order valence-electron chi connectivity index (χ4n) is 3.29. The Kier molecular flexibility index (Phi) is 8.97. The first-order chi connectivity index (χ1) is 11.1. The minimum atomic E-state index is -0.402. The van der Waals surface area contributed by atoms with E-state index in [9.17, 15) is 9.59 Å². The lowest BCUT2D eigenvalue weighted by Crippen LogP contribution is -2.52. The molecule has 8 heteroatoms. The summed E-state index contributed by atoms with van der Waals surface area (Å²) in [5.74, 6) is -0.152. The van der Waals surface area contributed by atoms with Gasteiger partial charge in [-0.25, -0.2) is 0 Å². The monoisotopic (exact) mass is 363 g/mol. The Labute approximate surface area is 150 Å². The standard InChI is InChI=1S/C16H29N3O4.ClH/c1-11-3-4-12(15(20)18-7-8-22-2)10-19(11)16(21)14-6-5-13(9-17)23-14;/h11-14H,3-10,17H2,1-2H3,(H,18,20);1H/t11?,12?,13-,14+;/m1./s1. The van der Waals surface area contributed by atoms with Gasteiger partial charge in [0.2, 0.25) is 5.91 Å². The smallest absolute Gasteiger partial charge is 0.251 e. The summed E-state index contributed by atoms with van der Waals surface area (Å²) in [6.07, 6.45) is 2.77. The van der Waals surface area contributed by atoms with Crippen molar-refractivity contribution in [3.8, 4) is 0 Å². The molecular formula is C16H30ClN3O4. The van der Waals surface area contributed by atoms with E-state index >= 15 is 0 Å². The first kappa shape index (κ1) is 21.2. The molecule has 0 aromatic carbocycles. The Morgan fingerprint density at radius 1 is 1.29 bits per heavy atom. The van der Waals surface area contributed by atoms with Crippen LogP contribution in [0.15, 0.2) is 0 Å². The van der Waals surface area contributed by atoms with Crippen LogP contribution in [-0.4, -0.2) is 68.3 Å². The molecule has 2 heterocycles. The van der Waals surface area contributed by atoms with E-state index < -0.39 is 6.10 Å². The average Bonchev–Trinajstić information content (AvgIpc) is 3.04. The normalized spacial score (nSPS) is 29.9. The number of hydrogen-bond acceptors (Lipinski definition) is 5. The lowest BCUT2D eigenvalue weighted by atomic mass is 9.92. The maximum absolute atomic E-state index is 12.7. The lowest BCUT2D eigenvalue weighted by Gasteiger charge is -2.38. The number of halogens is 1. The predicted octanol–water partition coefficient (Wildman–Crippen LogP) is 0.304. The Morgan fingerprint density at radius 2 is 2.04 bits per heavy atom. The molecule has 2 unspecified atom stereocenters. The van der Waals surface area contributed by atoms with Gasteiger partial charge in [0.25, 0.3) is 5.91 Å². The Bertz CT molecular complexity index is 424. The summed E-state index contributed by atoms with van der Waals surface area (Å²) in [4.78, 5) is 26.7. The number of piperidine rings is 1. The van der Waals surface area contributed by atoms with E-state index in [4.69, 9.17) is 15.2 Å². The van der Waals surface area contributed by atoms with Crippen molar-refractivity contribution >= 4 is 24.2 Å². The molecule has 0 radical (unpaired) electrons. The summed E-state index contributed by atoms with van der Waals surface area (Å²) in [5, 5.41) is 2.86. The van der Waals surface area contributed by atoms with Gasteiger partial charge in [0.05, 0.1) is 18.6 Å². The highest BCUT2D eigenvalue weighted by molar-refractivity contribution is 5.85. The summed E-state index contributed by atoms with van der Waals surface area (Å²) >= 11 is 0. The van der Waals surface area contributed by atoms with Gasteiger partial charge >= 0.3 is 0 Å². The topological polar surface area (TPSA) is 93.9 Å². The molecule has 3 N–H and O–H groups in total. The van der Waals surface area contributed by atoms with Crippen LogP contribution in [0, 0.1) is 5.92 Å². The van der Waals surface area contributed by atoms with Gasteiger partial charge in [0.15, 0.2) is 0 Å². The van der Waals surface area contributed by atoms with Crippen LogP contribution >= 0.6 is 12.4 Å². The van der Waals surface area contributed by atoms with Crippen molar-refractivity contribution in [1.29, 1.82) is 0 Å². The molecule has 2 aliphatic rings. The number of carbonyl (C=O) groups is 2. The SMILES string of the molecule is COCCNC(=O)C1CCC(C)N(C(=O)[C@@H]2CC[C@H](CN)O2)C1.Cl. The second-order valence-corrected chi connectivity index (χ2v) is 6.46. The van der Waals surface area contributed by atoms with Crippen LogP contribution in [0.25, 0.3) is 0 Å². The van der Waals surface area contributed by atoms with E-state index in [2.05, 4.69) is 5.32 Å². The van der Waals surface area contributed by atoms with Crippen LogP contribution in [0.5, 0.6) is 0 Å². The molecular weight excluding hydrogens is 334 g/mol. The van der Waals surface area contributed by atoms with Gasteiger partial charge < -0.3 is 25.4 Å². The van der Waals surface area contributed by atoms with Crippen molar-refractivity contribution in [2.24, 2.45) is 11.7 Å². The Morgan fingerprint density at radius 3 is 2.67 bits per heavy atom. The number of hydrogen-bond donors (Lipinski definition) is 2. The third kappa shape index (κ3) is 5.31. The fraction of sp³-hybridized carbons (Fsp3) is 0.875.